The van der Waals surface area contributed by atoms with Crippen molar-refractivity contribution >= 4 is 11.7 Å². The summed E-state index contributed by atoms with van der Waals surface area (Å²) < 4.78 is 15.4. The molecule has 26 heavy (non-hydrogen) atoms. The molecule has 0 unspecified atom stereocenters. The first-order chi connectivity index (χ1) is 12.7. The van der Waals surface area contributed by atoms with E-state index in [2.05, 4.69) is 25.0 Å². The summed E-state index contributed by atoms with van der Waals surface area (Å²) in [6.45, 7) is 2.19. The molecule has 0 radical (unpaired) electrons. The minimum Gasteiger partial charge on any atom is -0.353 e. The molecule has 132 valence electrons. The van der Waals surface area contributed by atoms with E-state index >= 15 is 0 Å². The summed E-state index contributed by atoms with van der Waals surface area (Å²) in [5, 5.41) is 4.16. The molecule has 0 atom stereocenters. The molecule has 4 rings (SSSR count). The Bertz CT molecular complexity index is 907. The number of halogens is 1. The third-order valence-electron chi connectivity index (χ3n) is 4.27. The molecular formula is C17H16FN7O. The van der Waals surface area contributed by atoms with Crippen molar-refractivity contribution in [3.63, 3.8) is 0 Å². The summed E-state index contributed by atoms with van der Waals surface area (Å²) in [4.78, 5) is 28.4. The largest absolute Gasteiger partial charge is 0.353 e. The van der Waals surface area contributed by atoms with Crippen LogP contribution < -0.4 is 4.90 Å². The van der Waals surface area contributed by atoms with E-state index in [1.54, 1.807) is 15.8 Å². The van der Waals surface area contributed by atoms with E-state index in [1.165, 1.54) is 18.6 Å². The smallest absolute Gasteiger partial charge is 0.257 e. The molecule has 3 aromatic rings. The van der Waals surface area contributed by atoms with Crippen LogP contribution in [-0.4, -0.2) is 61.7 Å². The van der Waals surface area contributed by atoms with Gasteiger partial charge in [0.1, 0.15) is 12.1 Å². The lowest BCUT2D eigenvalue weighted by Crippen LogP contribution is -2.49. The Balaban J connectivity index is 1.45. The average molecular weight is 353 g/mol. The highest BCUT2D eigenvalue weighted by Gasteiger charge is 2.24. The molecule has 0 aliphatic carbocycles. The molecule has 3 aromatic heterocycles. The van der Waals surface area contributed by atoms with Crippen molar-refractivity contribution in [2.45, 2.75) is 0 Å². The van der Waals surface area contributed by atoms with E-state index in [9.17, 15) is 9.18 Å². The van der Waals surface area contributed by atoms with Gasteiger partial charge in [0.25, 0.3) is 5.91 Å². The summed E-state index contributed by atoms with van der Waals surface area (Å²) in [6.07, 6.45) is 7.47. The molecule has 0 N–H and O–H groups in total. The maximum Gasteiger partial charge on any atom is 0.257 e. The van der Waals surface area contributed by atoms with Gasteiger partial charge in [-0.25, -0.2) is 19.0 Å². The highest BCUT2D eigenvalue weighted by atomic mass is 19.1. The Labute approximate surface area is 148 Å². The highest BCUT2D eigenvalue weighted by molar-refractivity contribution is 5.94. The van der Waals surface area contributed by atoms with E-state index in [-0.39, 0.29) is 11.5 Å². The van der Waals surface area contributed by atoms with Crippen molar-refractivity contribution in [1.29, 1.82) is 0 Å². The molecule has 1 fully saturated rings. The number of carbonyl (C=O) groups is 1. The summed E-state index contributed by atoms with van der Waals surface area (Å²) in [6, 6.07) is 5.09. The van der Waals surface area contributed by atoms with Gasteiger partial charge < -0.3 is 9.80 Å². The second kappa shape index (κ2) is 6.87. The van der Waals surface area contributed by atoms with Crippen molar-refractivity contribution < 1.29 is 9.18 Å². The van der Waals surface area contributed by atoms with E-state index in [0.29, 0.717) is 32.0 Å². The standard InChI is InChI=1S/C17H16FN7O/c18-14-11-19-4-2-13(14)17(26)24-8-6-23(7-9-24)15-10-16(21-12-20-15)25-5-1-3-22-25/h1-5,10-12H,6-9H2. The zero-order chi connectivity index (χ0) is 17.9. The first kappa shape index (κ1) is 16.1. The van der Waals surface area contributed by atoms with Crippen LogP contribution in [0.2, 0.25) is 0 Å². The Morgan fingerprint density at radius 3 is 2.62 bits per heavy atom. The lowest BCUT2D eigenvalue weighted by molar-refractivity contribution is 0.0741. The van der Waals surface area contributed by atoms with Crippen molar-refractivity contribution in [1.82, 2.24) is 29.6 Å². The molecule has 4 heterocycles. The zero-order valence-electron chi connectivity index (χ0n) is 13.9. The lowest BCUT2D eigenvalue weighted by atomic mass is 10.2. The van der Waals surface area contributed by atoms with E-state index in [0.717, 1.165) is 12.0 Å². The van der Waals surface area contributed by atoms with Gasteiger partial charge in [0.05, 0.1) is 11.8 Å². The highest BCUT2D eigenvalue weighted by Crippen LogP contribution is 2.17. The average Bonchev–Trinajstić information content (AvgIpc) is 3.23. The topological polar surface area (TPSA) is 80.0 Å². The van der Waals surface area contributed by atoms with Crippen molar-refractivity contribution in [2.75, 3.05) is 31.1 Å². The van der Waals surface area contributed by atoms with Crippen LogP contribution in [0.3, 0.4) is 0 Å². The maximum atomic E-state index is 13.8. The summed E-state index contributed by atoms with van der Waals surface area (Å²) in [7, 11) is 0. The number of carbonyl (C=O) groups excluding carboxylic acids is 1. The predicted octanol–water partition coefficient (Wildman–Crippen LogP) is 1.16. The molecular weight excluding hydrogens is 337 g/mol. The van der Waals surface area contributed by atoms with Crippen molar-refractivity contribution in [3.8, 4) is 5.82 Å². The Morgan fingerprint density at radius 1 is 1.08 bits per heavy atom. The number of aromatic nitrogens is 5. The van der Waals surface area contributed by atoms with E-state index < -0.39 is 5.82 Å². The molecule has 1 aliphatic heterocycles. The zero-order valence-corrected chi connectivity index (χ0v) is 13.9. The van der Waals surface area contributed by atoms with Crippen LogP contribution in [0.5, 0.6) is 0 Å². The van der Waals surface area contributed by atoms with Crippen LogP contribution in [0.15, 0.2) is 49.3 Å². The first-order valence-corrected chi connectivity index (χ1v) is 8.18. The molecule has 0 aromatic carbocycles. The van der Waals surface area contributed by atoms with Crippen LogP contribution in [-0.2, 0) is 0 Å². The van der Waals surface area contributed by atoms with Crippen molar-refractivity contribution in [2.24, 2.45) is 0 Å². The van der Waals surface area contributed by atoms with Crippen LogP contribution in [0, 0.1) is 5.82 Å². The fourth-order valence-corrected chi connectivity index (χ4v) is 2.90. The fraction of sp³-hybridized carbons (Fsp3) is 0.235. The number of nitrogens with zero attached hydrogens (tertiary/aromatic N) is 7. The van der Waals surface area contributed by atoms with Gasteiger partial charge in [-0.05, 0) is 12.1 Å². The second-order valence-corrected chi connectivity index (χ2v) is 5.82. The van der Waals surface area contributed by atoms with Gasteiger partial charge in [0, 0.05) is 50.8 Å². The van der Waals surface area contributed by atoms with E-state index in [4.69, 9.17) is 0 Å². The van der Waals surface area contributed by atoms with Gasteiger partial charge in [-0.3, -0.25) is 9.78 Å². The number of rotatable bonds is 3. The molecule has 0 spiro atoms. The lowest BCUT2D eigenvalue weighted by Gasteiger charge is -2.35. The number of amides is 1. The molecule has 1 amide bonds. The van der Waals surface area contributed by atoms with Gasteiger partial charge >= 0.3 is 0 Å². The molecule has 0 bridgehead atoms. The summed E-state index contributed by atoms with van der Waals surface area (Å²) >= 11 is 0. The van der Waals surface area contributed by atoms with Gasteiger partial charge in [-0.15, -0.1) is 0 Å². The van der Waals surface area contributed by atoms with Crippen LogP contribution >= 0.6 is 0 Å². The van der Waals surface area contributed by atoms with Gasteiger partial charge in [0.15, 0.2) is 11.6 Å². The monoisotopic (exact) mass is 353 g/mol. The van der Waals surface area contributed by atoms with Gasteiger partial charge in [0.2, 0.25) is 0 Å². The van der Waals surface area contributed by atoms with Crippen LogP contribution in [0.4, 0.5) is 10.2 Å². The summed E-state index contributed by atoms with van der Waals surface area (Å²) in [5.74, 6) is 0.536. The SMILES string of the molecule is O=C(c1ccncc1F)N1CCN(c2cc(-n3cccn3)ncn2)CC1. The number of hydrogen-bond donors (Lipinski definition) is 0. The van der Waals surface area contributed by atoms with Gasteiger partial charge in [-0.2, -0.15) is 5.10 Å². The molecule has 8 nitrogen and oxygen atoms in total. The van der Waals surface area contributed by atoms with Gasteiger partial charge in [-0.1, -0.05) is 0 Å². The first-order valence-electron chi connectivity index (χ1n) is 8.18. The number of hydrogen-bond acceptors (Lipinski definition) is 6. The van der Waals surface area contributed by atoms with E-state index in [1.807, 2.05) is 18.3 Å². The third-order valence-corrected chi connectivity index (χ3v) is 4.27. The normalized spacial score (nSPS) is 14.5. The predicted molar refractivity (Wildman–Crippen MR) is 91.5 cm³/mol. The molecule has 0 saturated carbocycles. The van der Waals surface area contributed by atoms with Crippen LogP contribution in [0.25, 0.3) is 5.82 Å². The third kappa shape index (κ3) is 3.10. The Hall–Kier alpha value is -3.36. The summed E-state index contributed by atoms with van der Waals surface area (Å²) in [5.41, 5.74) is 0.0523. The molecule has 1 saturated heterocycles. The number of pyridine rings is 1. The second-order valence-electron chi connectivity index (χ2n) is 5.82. The molecule has 9 heteroatoms. The minimum absolute atomic E-state index is 0.0523. The maximum absolute atomic E-state index is 13.8. The Morgan fingerprint density at radius 2 is 1.88 bits per heavy atom. The quantitative estimate of drug-likeness (QED) is 0.703. The van der Waals surface area contributed by atoms with Crippen molar-refractivity contribution in [3.05, 3.63) is 60.7 Å². The van der Waals surface area contributed by atoms with Crippen LogP contribution in [0.1, 0.15) is 10.4 Å². The Kier molecular flexibility index (Phi) is 4.26. The fourth-order valence-electron chi connectivity index (χ4n) is 2.90. The molecule has 1 aliphatic rings. The number of anilines is 1. The number of piperazine rings is 1. The minimum atomic E-state index is -0.598.